The van der Waals surface area contributed by atoms with Crippen LogP contribution in [0.5, 0.6) is 0 Å². The molecule has 17 heteroatoms. The van der Waals surface area contributed by atoms with Crippen LogP contribution in [0, 0.1) is 5.92 Å². The molecule has 2 aliphatic rings. The molecule has 0 aromatic carbocycles. The van der Waals surface area contributed by atoms with Crippen LogP contribution in [0.4, 0.5) is 5.13 Å². The van der Waals surface area contributed by atoms with E-state index < -0.39 is 35.2 Å². The smallest absolute Gasteiger partial charge is 0.355 e. The first-order chi connectivity index (χ1) is 19.6. The number of nitrogens with two attached hydrogens (primary N) is 1. The van der Waals surface area contributed by atoms with E-state index in [-0.39, 0.29) is 59.2 Å². The summed E-state index contributed by atoms with van der Waals surface area (Å²) in [5, 5.41) is 11.0. The predicted molar refractivity (Wildman–Crippen MR) is 151 cm³/mol. The van der Waals surface area contributed by atoms with Gasteiger partial charge in [0, 0.05) is 16.0 Å². The van der Waals surface area contributed by atoms with Gasteiger partial charge < -0.3 is 25.4 Å². The monoisotopic (exact) mass is 606 g/mol. The molecule has 3 N–H and O–H groups in total. The summed E-state index contributed by atoms with van der Waals surface area (Å²) in [5.41, 5.74) is 14.9. The third-order valence-corrected chi connectivity index (χ3v) is 7.65. The van der Waals surface area contributed by atoms with Gasteiger partial charge in [0.25, 0.3) is 11.8 Å². The number of fused-ring (bicyclic) bond motifs is 1. The number of azide groups is 1. The summed E-state index contributed by atoms with van der Waals surface area (Å²) >= 11 is 2.37. The molecule has 220 valence electrons. The van der Waals surface area contributed by atoms with E-state index in [0.29, 0.717) is 12.0 Å². The Morgan fingerprint density at radius 1 is 1.37 bits per heavy atom. The first-order valence-corrected chi connectivity index (χ1v) is 14.4. The van der Waals surface area contributed by atoms with E-state index in [1.54, 1.807) is 6.08 Å². The first-order valence-electron chi connectivity index (χ1n) is 12.5. The summed E-state index contributed by atoms with van der Waals surface area (Å²) in [6.45, 7) is 5.26. The molecule has 1 fully saturated rings. The zero-order valence-corrected chi connectivity index (χ0v) is 24.5. The molecule has 0 unspecified atom stereocenters. The van der Waals surface area contributed by atoms with Gasteiger partial charge in [0.1, 0.15) is 36.5 Å². The number of hydrogen-bond donors (Lipinski definition) is 2. The van der Waals surface area contributed by atoms with Crippen molar-refractivity contribution in [2.75, 3.05) is 38.4 Å². The number of esters is 2. The Bertz CT molecular complexity index is 1330. The third kappa shape index (κ3) is 7.56. The number of thioether (sulfide) groups is 1. The quantitative estimate of drug-likeness (QED) is 0.0488. The molecular weight excluding hydrogens is 576 g/mol. The minimum atomic E-state index is -1.00. The SMILES string of the molecule is CCC=C(COC(=O)C1=C(CN=[N+]=[N-])CS[C@@H]2[C@H](NC(=O)C(=NOC)c3csc(N)n3)C(=O)N12)C(=O)OCC(C)C. The second-order valence-corrected chi connectivity index (χ2v) is 11.1. The Morgan fingerprint density at radius 3 is 2.73 bits per heavy atom. The van der Waals surface area contributed by atoms with Gasteiger partial charge in [-0.1, -0.05) is 37.1 Å². The number of anilines is 1. The van der Waals surface area contributed by atoms with Crippen LogP contribution < -0.4 is 11.1 Å². The number of hydrogen-bond acceptors (Lipinski definition) is 13. The fraction of sp³-hybridized carbons (Fsp3) is 0.500. The van der Waals surface area contributed by atoms with E-state index in [1.165, 1.54) is 29.2 Å². The highest BCUT2D eigenvalue weighted by Crippen LogP contribution is 2.41. The van der Waals surface area contributed by atoms with Crippen LogP contribution in [-0.2, 0) is 33.5 Å². The predicted octanol–water partition coefficient (Wildman–Crippen LogP) is 2.12. The van der Waals surface area contributed by atoms with Crippen LogP contribution in [0.1, 0.15) is 32.9 Å². The highest BCUT2D eigenvalue weighted by Gasteiger charge is 2.54. The number of ether oxygens (including phenoxy) is 2. The highest BCUT2D eigenvalue weighted by atomic mass is 32.2. The van der Waals surface area contributed by atoms with Crippen molar-refractivity contribution in [1.29, 1.82) is 0 Å². The maximum Gasteiger partial charge on any atom is 0.355 e. The molecule has 2 atom stereocenters. The third-order valence-electron chi connectivity index (χ3n) is 5.63. The van der Waals surface area contributed by atoms with Gasteiger partial charge in [-0.25, -0.2) is 14.6 Å². The number of nitrogens with zero attached hydrogens (tertiary/aromatic N) is 6. The van der Waals surface area contributed by atoms with Crippen molar-refractivity contribution >= 4 is 57.7 Å². The molecule has 2 amide bonds. The maximum atomic E-state index is 13.3. The molecule has 0 spiro atoms. The average Bonchev–Trinajstić information content (AvgIpc) is 3.38. The number of thiazole rings is 1. The van der Waals surface area contributed by atoms with E-state index in [0.717, 1.165) is 11.3 Å². The fourth-order valence-electron chi connectivity index (χ4n) is 3.81. The number of carbonyl (C=O) groups is 4. The van der Waals surface area contributed by atoms with Crippen molar-refractivity contribution in [1.82, 2.24) is 15.2 Å². The van der Waals surface area contributed by atoms with Gasteiger partial charge in [-0.05, 0) is 23.4 Å². The van der Waals surface area contributed by atoms with Crippen LogP contribution in [-0.4, -0.2) is 83.4 Å². The van der Waals surface area contributed by atoms with Crippen molar-refractivity contribution in [3.63, 3.8) is 0 Å². The first kappa shape index (κ1) is 31.4. The number of carbonyl (C=O) groups excluding carboxylic acids is 4. The molecule has 3 heterocycles. The van der Waals surface area contributed by atoms with Gasteiger partial charge >= 0.3 is 11.9 Å². The van der Waals surface area contributed by atoms with Gasteiger partial charge in [-0.15, -0.1) is 23.1 Å². The van der Waals surface area contributed by atoms with E-state index in [9.17, 15) is 19.2 Å². The van der Waals surface area contributed by atoms with Crippen molar-refractivity contribution in [2.24, 2.45) is 16.2 Å². The molecule has 1 saturated heterocycles. The van der Waals surface area contributed by atoms with Crippen molar-refractivity contribution < 1.29 is 33.5 Å². The van der Waals surface area contributed by atoms with Gasteiger partial charge in [0.05, 0.1) is 18.7 Å². The summed E-state index contributed by atoms with van der Waals surface area (Å²) < 4.78 is 10.7. The average molecular weight is 607 g/mol. The molecule has 3 rings (SSSR count). The molecule has 0 bridgehead atoms. The van der Waals surface area contributed by atoms with E-state index in [2.05, 4.69) is 25.5 Å². The normalized spacial score (nSPS) is 18.8. The summed E-state index contributed by atoms with van der Waals surface area (Å²) in [6, 6.07) is -1.00. The topological polar surface area (TPSA) is 211 Å². The van der Waals surface area contributed by atoms with Gasteiger partial charge in [-0.2, -0.15) is 0 Å². The van der Waals surface area contributed by atoms with Crippen molar-refractivity contribution in [3.05, 3.63) is 44.4 Å². The molecule has 2 aliphatic heterocycles. The number of nitrogens with one attached hydrogen (secondary N) is 1. The Morgan fingerprint density at radius 2 is 2.12 bits per heavy atom. The number of β-lactam (4-membered cyclic amide) rings is 1. The minimum absolute atomic E-state index is 0.0962. The van der Waals surface area contributed by atoms with Crippen LogP contribution >= 0.6 is 23.1 Å². The van der Waals surface area contributed by atoms with Crippen LogP contribution in [0.3, 0.4) is 0 Å². The zero-order valence-electron chi connectivity index (χ0n) is 22.9. The van der Waals surface area contributed by atoms with Crippen LogP contribution in [0.2, 0.25) is 0 Å². The lowest BCUT2D eigenvalue weighted by Crippen LogP contribution is -2.71. The van der Waals surface area contributed by atoms with Crippen molar-refractivity contribution in [3.8, 4) is 0 Å². The largest absolute Gasteiger partial charge is 0.462 e. The fourth-order valence-corrected chi connectivity index (χ4v) is 5.69. The van der Waals surface area contributed by atoms with Gasteiger partial charge in [0.15, 0.2) is 10.8 Å². The number of amides is 2. The Kier molecular flexibility index (Phi) is 11.1. The molecule has 41 heavy (non-hydrogen) atoms. The van der Waals surface area contributed by atoms with Gasteiger partial charge in [0.2, 0.25) is 0 Å². The van der Waals surface area contributed by atoms with Crippen LogP contribution in [0.25, 0.3) is 10.4 Å². The van der Waals surface area contributed by atoms with E-state index in [4.69, 9.17) is 25.6 Å². The number of allylic oxidation sites excluding steroid dienone is 1. The maximum absolute atomic E-state index is 13.3. The summed E-state index contributed by atoms with van der Waals surface area (Å²) in [7, 11) is 1.26. The number of aromatic nitrogens is 1. The Hall–Kier alpha value is -4.08. The molecule has 15 nitrogen and oxygen atoms in total. The Labute approximate surface area is 243 Å². The summed E-state index contributed by atoms with van der Waals surface area (Å²) in [4.78, 5) is 64.7. The number of rotatable bonds is 13. The Balaban J connectivity index is 1.78. The minimum Gasteiger partial charge on any atom is -0.462 e. The van der Waals surface area contributed by atoms with Gasteiger partial charge in [-0.3, -0.25) is 14.5 Å². The van der Waals surface area contributed by atoms with Crippen molar-refractivity contribution in [2.45, 2.75) is 38.6 Å². The lowest BCUT2D eigenvalue weighted by Gasteiger charge is -2.49. The second-order valence-electron chi connectivity index (χ2n) is 9.10. The molecule has 1 aromatic rings. The van der Waals surface area contributed by atoms with E-state index >= 15 is 0 Å². The lowest BCUT2D eigenvalue weighted by molar-refractivity contribution is -0.152. The van der Waals surface area contributed by atoms with Crippen LogP contribution in [0.15, 0.2) is 38.6 Å². The number of oxime groups is 1. The molecule has 1 aromatic heterocycles. The lowest BCUT2D eigenvalue weighted by atomic mass is 10.0. The highest BCUT2D eigenvalue weighted by molar-refractivity contribution is 8.00. The molecule has 0 aliphatic carbocycles. The summed E-state index contributed by atoms with van der Waals surface area (Å²) in [5.74, 6) is -2.45. The van der Waals surface area contributed by atoms with E-state index in [1.807, 2.05) is 20.8 Å². The molecule has 0 radical (unpaired) electrons. The second kappa shape index (κ2) is 14.5. The molecular formula is C24H30N8O7S2. The standard InChI is InChI=1S/C24H30N8O7S2/c1-5-6-13(22(35)38-8-12(2)3)9-39-23(36)18-14(7-27-31-26)10-40-21-17(20(34)32(18)21)29-19(33)16(30-37-4)15-11-41-24(25)28-15/h6,11-12,17,21H,5,7-10H2,1-4H3,(H2,25,28)(H,29,33)/t17-,21-/m1/s1. The molecule has 0 saturated carbocycles. The number of nitrogen functional groups attached to an aromatic ring is 1. The zero-order chi connectivity index (χ0) is 30.1. The summed E-state index contributed by atoms with van der Waals surface area (Å²) in [6.07, 6.45) is 2.10.